The van der Waals surface area contributed by atoms with Gasteiger partial charge in [0, 0.05) is 10.9 Å². The predicted molar refractivity (Wildman–Crippen MR) is 88.2 cm³/mol. The molecule has 0 radical (unpaired) electrons. The van der Waals surface area contributed by atoms with Crippen LogP contribution in [0.15, 0.2) is 54.0 Å². The van der Waals surface area contributed by atoms with E-state index in [0.717, 1.165) is 29.6 Å². The number of benzene rings is 2. The summed E-state index contributed by atoms with van der Waals surface area (Å²) < 4.78 is 5.89. The third kappa shape index (κ3) is 1.39. The first-order valence-corrected chi connectivity index (χ1v) is 6.74. The molecule has 0 saturated heterocycles. The van der Waals surface area contributed by atoms with E-state index in [-0.39, 0.29) is 0 Å². The maximum atomic E-state index is 5.89. The summed E-state index contributed by atoms with van der Waals surface area (Å²) >= 11 is 0. The number of hydrogen-bond acceptors (Lipinski definition) is 1. The molecule has 0 saturated carbocycles. The van der Waals surface area contributed by atoms with Crippen LogP contribution in [0.1, 0.15) is 11.3 Å². The molecule has 0 atom stereocenters. The Labute approximate surface area is 118 Å². The van der Waals surface area contributed by atoms with E-state index in [1.165, 1.54) is 22.1 Å². The normalized spacial score (nSPS) is 11.8. The summed E-state index contributed by atoms with van der Waals surface area (Å²) in [6.07, 6.45) is 3.59. The molecule has 2 aromatic carbocycles. The lowest BCUT2D eigenvalue weighted by atomic mass is 9.68. The van der Waals surface area contributed by atoms with Crippen molar-refractivity contribution >= 4 is 41.3 Å². The van der Waals surface area contributed by atoms with E-state index in [0.29, 0.717) is 0 Å². The zero-order valence-corrected chi connectivity index (χ0v) is 11.1. The van der Waals surface area contributed by atoms with E-state index < -0.39 is 0 Å². The van der Waals surface area contributed by atoms with Crippen molar-refractivity contribution in [2.75, 3.05) is 0 Å². The van der Waals surface area contributed by atoms with Gasteiger partial charge in [0.05, 0.1) is 0 Å². The lowest BCUT2D eigenvalue weighted by molar-refractivity contribution is 0.604. The van der Waals surface area contributed by atoms with Gasteiger partial charge in [-0.05, 0) is 23.3 Å². The van der Waals surface area contributed by atoms with Gasteiger partial charge in [0.25, 0.3) is 0 Å². The van der Waals surface area contributed by atoms with Crippen molar-refractivity contribution in [1.82, 2.24) is 0 Å². The molecule has 1 aliphatic heterocycles. The molecular weight excluding hydrogens is 243 g/mol. The van der Waals surface area contributed by atoms with Gasteiger partial charge in [-0.15, -0.1) is 0 Å². The molecule has 94 valence electrons. The van der Waals surface area contributed by atoms with Crippen molar-refractivity contribution in [2.24, 2.45) is 0 Å². The van der Waals surface area contributed by atoms with Gasteiger partial charge in [-0.25, -0.2) is 0 Å². The lowest BCUT2D eigenvalue weighted by Gasteiger charge is -2.01. The maximum absolute atomic E-state index is 5.89. The minimum Gasteiger partial charge on any atom is -0.456 e. The summed E-state index contributed by atoms with van der Waals surface area (Å²) in [6, 6.07) is 12.9. The smallest absolute Gasteiger partial charge is 0.193 e. The Kier molecular flexibility index (Phi) is 2.28. The maximum Gasteiger partial charge on any atom is 0.193 e. The van der Waals surface area contributed by atoms with Gasteiger partial charge in [-0.3, -0.25) is 0 Å². The molecule has 0 aliphatic carbocycles. The minimum absolute atomic E-state index is 0.798. The molecule has 20 heavy (non-hydrogen) atoms. The van der Waals surface area contributed by atoms with Crippen LogP contribution in [0.4, 0.5) is 0 Å². The highest BCUT2D eigenvalue weighted by molar-refractivity contribution is 6.73. The van der Waals surface area contributed by atoms with E-state index in [1.54, 1.807) is 6.08 Å². The molecule has 1 aromatic heterocycles. The van der Waals surface area contributed by atoms with Crippen molar-refractivity contribution < 1.29 is 4.42 Å². The van der Waals surface area contributed by atoms with Crippen LogP contribution >= 0.6 is 0 Å². The largest absolute Gasteiger partial charge is 0.456 e. The second kappa shape index (κ2) is 4.01. The van der Waals surface area contributed by atoms with Crippen molar-refractivity contribution in [1.29, 1.82) is 0 Å². The van der Waals surface area contributed by atoms with Crippen LogP contribution in [-0.4, -0.2) is 7.28 Å². The molecular formula is C18H13BO. The van der Waals surface area contributed by atoms with Crippen LogP contribution < -0.4 is 10.9 Å². The Balaban J connectivity index is 2.05. The summed E-state index contributed by atoms with van der Waals surface area (Å²) in [5, 5.41) is 1.13. The summed E-state index contributed by atoms with van der Waals surface area (Å²) in [6.45, 7) is 7.70. The molecule has 2 heterocycles. The molecule has 0 amide bonds. The highest BCUT2D eigenvalue weighted by atomic mass is 16.3. The van der Waals surface area contributed by atoms with E-state index in [2.05, 4.69) is 49.6 Å². The van der Waals surface area contributed by atoms with Crippen molar-refractivity contribution in [2.45, 2.75) is 0 Å². The first kappa shape index (κ1) is 11.4. The first-order valence-electron chi connectivity index (χ1n) is 6.74. The highest BCUT2D eigenvalue weighted by Crippen LogP contribution is 2.31. The van der Waals surface area contributed by atoms with Crippen LogP contribution in [0.25, 0.3) is 34.2 Å². The Morgan fingerprint density at radius 3 is 2.60 bits per heavy atom. The monoisotopic (exact) mass is 256 g/mol. The molecule has 0 spiro atoms. The standard InChI is InChI=1S/C18H13BO/c1-3-11-14-9-16-13(10-18(14)20-17(11)4-2)12-7-5-6-8-15(12)19-16/h3-10,19H,1-2H2. The summed E-state index contributed by atoms with van der Waals surface area (Å²) in [5.41, 5.74) is 7.30. The van der Waals surface area contributed by atoms with Crippen LogP contribution in [0.5, 0.6) is 0 Å². The van der Waals surface area contributed by atoms with E-state index in [1.807, 2.05) is 6.08 Å². The third-order valence-corrected chi connectivity index (χ3v) is 4.06. The fraction of sp³-hybridized carbons (Fsp3) is 0. The zero-order chi connectivity index (χ0) is 13.7. The molecule has 0 N–H and O–H groups in total. The number of rotatable bonds is 2. The van der Waals surface area contributed by atoms with E-state index >= 15 is 0 Å². The van der Waals surface area contributed by atoms with Crippen molar-refractivity contribution in [3.63, 3.8) is 0 Å². The molecule has 3 aromatic rings. The fourth-order valence-electron chi connectivity index (χ4n) is 3.13. The SMILES string of the molecule is C=Cc1oc2cc3c(cc2c1C=C)Bc1ccccc1-3. The van der Waals surface area contributed by atoms with Crippen LogP contribution in [-0.2, 0) is 0 Å². The average Bonchev–Trinajstić information content (AvgIpc) is 3.01. The first-order chi connectivity index (χ1) is 9.81. The number of hydrogen-bond donors (Lipinski definition) is 0. The van der Waals surface area contributed by atoms with Gasteiger partial charge >= 0.3 is 0 Å². The second-order valence-corrected chi connectivity index (χ2v) is 5.13. The van der Waals surface area contributed by atoms with E-state index in [4.69, 9.17) is 4.42 Å². The van der Waals surface area contributed by atoms with Gasteiger partial charge < -0.3 is 4.42 Å². The molecule has 0 fully saturated rings. The third-order valence-electron chi connectivity index (χ3n) is 4.06. The Morgan fingerprint density at radius 2 is 1.80 bits per heavy atom. The topological polar surface area (TPSA) is 13.1 Å². The molecule has 4 rings (SSSR count). The highest BCUT2D eigenvalue weighted by Gasteiger charge is 2.21. The quantitative estimate of drug-likeness (QED) is 0.502. The fourth-order valence-corrected chi connectivity index (χ4v) is 3.13. The Morgan fingerprint density at radius 1 is 0.950 bits per heavy atom. The van der Waals surface area contributed by atoms with Gasteiger partial charge in [-0.1, -0.05) is 60.5 Å². The minimum atomic E-state index is 0.798. The molecule has 0 bridgehead atoms. The summed E-state index contributed by atoms with van der Waals surface area (Å²) in [5.74, 6) is 0.798. The molecule has 1 aliphatic rings. The van der Waals surface area contributed by atoms with Gasteiger partial charge in [0.1, 0.15) is 11.3 Å². The number of fused-ring (bicyclic) bond motifs is 4. The predicted octanol–water partition coefficient (Wildman–Crippen LogP) is 3.09. The summed E-state index contributed by atoms with van der Waals surface area (Å²) in [7, 11) is 0.993. The number of furan rings is 1. The van der Waals surface area contributed by atoms with Crippen LogP contribution in [0.2, 0.25) is 0 Å². The zero-order valence-electron chi connectivity index (χ0n) is 11.1. The summed E-state index contributed by atoms with van der Waals surface area (Å²) in [4.78, 5) is 0. The Hall–Kier alpha value is -2.48. The van der Waals surface area contributed by atoms with Crippen molar-refractivity contribution in [3.05, 3.63) is 60.9 Å². The van der Waals surface area contributed by atoms with Gasteiger partial charge in [0.2, 0.25) is 0 Å². The van der Waals surface area contributed by atoms with E-state index in [9.17, 15) is 0 Å². The van der Waals surface area contributed by atoms with Crippen LogP contribution in [0, 0.1) is 0 Å². The van der Waals surface area contributed by atoms with Crippen molar-refractivity contribution in [3.8, 4) is 11.1 Å². The van der Waals surface area contributed by atoms with Crippen LogP contribution in [0.3, 0.4) is 0 Å². The molecule has 2 heteroatoms. The molecule has 1 nitrogen and oxygen atoms in total. The van der Waals surface area contributed by atoms with Gasteiger partial charge in [0.15, 0.2) is 7.28 Å². The Bertz CT molecular complexity index is 871. The lowest BCUT2D eigenvalue weighted by Crippen LogP contribution is -2.20. The average molecular weight is 256 g/mol. The second-order valence-electron chi connectivity index (χ2n) is 5.13. The molecule has 0 unspecified atom stereocenters. The van der Waals surface area contributed by atoms with Gasteiger partial charge in [-0.2, -0.15) is 0 Å².